The zero-order valence-electron chi connectivity index (χ0n) is 30.7. The summed E-state index contributed by atoms with van der Waals surface area (Å²) >= 11 is 0.639. The highest BCUT2D eigenvalue weighted by Crippen LogP contribution is 2.48. The molecule has 12 heteroatoms. The van der Waals surface area contributed by atoms with Crippen molar-refractivity contribution in [2.24, 2.45) is 0 Å². The average molecular weight is 770 g/mol. The predicted molar refractivity (Wildman–Crippen MR) is 212 cm³/mol. The van der Waals surface area contributed by atoms with Gasteiger partial charge in [-0.1, -0.05) is 92.1 Å². The topological polar surface area (TPSA) is 137 Å². The highest BCUT2D eigenvalue weighted by molar-refractivity contribution is 7.94. The molecule has 54 heavy (non-hydrogen) atoms. The molecule has 4 aromatic rings. The third-order valence-electron chi connectivity index (χ3n) is 10.4. The molecule has 0 radical (unpaired) electrons. The summed E-state index contributed by atoms with van der Waals surface area (Å²) < 4.78 is 40.6. The van der Waals surface area contributed by atoms with E-state index in [1.54, 1.807) is 6.07 Å². The van der Waals surface area contributed by atoms with E-state index < -0.39 is 21.5 Å². The Kier molecular flexibility index (Phi) is 11.6. The molecule has 0 aliphatic carbocycles. The van der Waals surface area contributed by atoms with Crippen LogP contribution in [0.4, 0.5) is 11.4 Å². The number of anilines is 1. The first-order chi connectivity index (χ1) is 25.7. The fourth-order valence-corrected chi connectivity index (χ4v) is 8.89. The maximum Gasteiger partial charge on any atom is 0.303 e. The van der Waals surface area contributed by atoms with Gasteiger partial charge in [-0.25, -0.2) is 5.26 Å². The summed E-state index contributed by atoms with van der Waals surface area (Å²) in [6.07, 6.45) is 12.9. The number of unbranched alkanes of at least 4 members (excludes halogenated alkanes) is 2. The fourth-order valence-electron chi connectivity index (χ4n) is 7.79. The smallest absolute Gasteiger partial charge is 0.303 e. The molecular weight excluding hydrogens is 725 g/mol. The SMILES string of the molecule is CC1(C)C(=CC=CC=CC2=[N+](Cc3ccc(S(=O)(=O)O)cc3SOOO)c3ccc4ccccc4c3C2(C)C)N(CCCCCC(=O)O)c2ccccc21. The lowest BCUT2D eigenvalue weighted by Crippen LogP contribution is -2.27. The van der Waals surface area contributed by atoms with Crippen LogP contribution in [-0.2, 0) is 41.7 Å². The Balaban J connectivity index is 1.36. The van der Waals surface area contributed by atoms with Crippen molar-refractivity contribution < 1.29 is 42.1 Å². The van der Waals surface area contributed by atoms with Crippen LogP contribution in [0, 0.1) is 0 Å². The minimum atomic E-state index is -4.49. The van der Waals surface area contributed by atoms with Crippen LogP contribution in [0.2, 0.25) is 0 Å². The number of benzene rings is 4. The van der Waals surface area contributed by atoms with E-state index in [4.69, 9.17) is 14.7 Å². The summed E-state index contributed by atoms with van der Waals surface area (Å²) in [4.78, 5) is 13.4. The van der Waals surface area contributed by atoms with Gasteiger partial charge in [0.05, 0.1) is 22.4 Å². The number of hydrogen-bond donors (Lipinski definition) is 3. The van der Waals surface area contributed by atoms with Crippen molar-refractivity contribution in [2.75, 3.05) is 11.4 Å². The van der Waals surface area contributed by atoms with Gasteiger partial charge in [0.1, 0.15) is 0 Å². The lowest BCUT2D eigenvalue weighted by atomic mass is 9.79. The van der Waals surface area contributed by atoms with Gasteiger partial charge < -0.3 is 10.0 Å². The molecular formula is C42H45N2O8S2+. The lowest BCUT2D eigenvalue weighted by molar-refractivity contribution is -0.455. The van der Waals surface area contributed by atoms with Gasteiger partial charge in [-0.2, -0.15) is 13.0 Å². The molecule has 0 saturated carbocycles. The van der Waals surface area contributed by atoms with E-state index in [9.17, 15) is 17.8 Å². The summed E-state index contributed by atoms with van der Waals surface area (Å²) in [5, 5.41) is 24.0. The van der Waals surface area contributed by atoms with Crippen molar-refractivity contribution in [1.82, 2.24) is 0 Å². The van der Waals surface area contributed by atoms with E-state index >= 15 is 0 Å². The van der Waals surface area contributed by atoms with E-state index in [2.05, 4.69) is 109 Å². The van der Waals surface area contributed by atoms with E-state index in [0.717, 1.165) is 47.1 Å². The zero-order chi connectivity index (χ0) is 38.7. The number of fused-ring (bicyclic) bond motifs is 4. The number of nitrogens with zero attached hydrogens (tertiary/aromatic N) is 2. The predicted octanol–water partition coefficient (Wildman–Crippen LogP) is 9.53. The van der Waals surface area contributed by atoms with Crippen molar-refractivity contribution in [2.45, 2.75) is 80.5 Å². The number of rotatable bonds is 15. The first kappa shape index (κ1) is 39.1. The van der Waals surface area contributed by atoms with Crippen LogP contribution in [0.15, 0.2) is 125 Å². The fraction of sp³-hybridized carbons (Fsp3) is 0.286. The first-order valence-corrected chi connectivity index (χ1v) is 20.0. The van der Waals surface area contributed by atoms with Gasteiger partial charge in [0, 0.05) is 57.9 Å². The average Bonchev–Trinajstić information content (AvgIpc) is 3.48. The van der Waals surface area contributed by atoms with E-state index in [-0.39, 0.29) is 16.7 Å². The normalized spacial score (nSPS) is 17.0. The van der Waals surface area contributed by atoms with Crippen LogP contribution < -0.4 is 4.90 Å². The van der Waals surface area contributed by atoms with Crippen LogP contribution in [-0.4, -0.2) is 46.1 Å². The largest absolute Gasteiger partial charge is 0.481 e. The van der Waals surface area contributed by atoms with Crippen molar-refractivity contribution >= 4 is 56.0 Å². The van der Waals surface area contributed by atoms with Crippen molar-refractivity contribution in [3.8, 4) is 0 Å². The van der Waals surface area contributed by atoms with Gasteiger partial charge in [0.15, 0.2) is 12.3 Å². The molecule has 2 aliphatic heterocycles. The van der Waals surface area contributed by atoms with Gasteiger partial charge in [0.25, 0.3) is 10.1 Å². The molecule has 2 heterocycles. The van der Waals surface area contributed by atoms with Crippen molar-refractivity contribution in [3.63, 3.8) is 0 Å². The van der Waals surface area contributed by atoms with Gasteiger partial charge >= 0.3 is 5.97 Å². The Hall–Kier alpha value is -4.56. The minimum Gasteiger partial charge on any atom is -0.481 e. The summed E-state index contributed by atoms with van der Waals surface area (Å²) in [5.41, 5.74) is 6.81. The molecule has 0 amide bonds. The summed E-state index contributed by atoms with van der Waals surface area (Å²) in [6, 6.07) is 25.2. The van der Waals surface area contributed by atoms with Gasteiger partial charge in [0.2, 0.25) is 5.69 Å². The van der Waals surface area contributed by atoms with Gasteiger partial charge in [-0.05, 0) is 73.4 Å². The molecule has 282 valence electrons. The molecule has 10 nitrogen and oxygen atoms in total. The van der Waals surface area contributed by atoms with E-state index in [1.165, 1.54) is 29.1 Å². The van der Waals surface area contributed by atoms with Crippen molar-refractivity contribution in [1.29, 1.82) is 0 Å². The zero-order valence-corrected chi connectivity index (χ0v) is 32.4. The van der Waals surface area contributed by atoms with Crippen LogP contribution in [0.3, 0.4) is 0 Å². The number of carbonyl (C=O) groups is 1. The standard InChI is InChI=1S/C42H44N2O8S2/c1-41(2)33-17-12-13-18-34(33)43(26-14-6-9-21-39(45)46)37(41)19-7-5-8-20-38-42(3,4)40-32-16-11-10-15-29(32)23-25-35(40)44(38)28-30-22-24-31(54(48,49)50)27-36(30)53-52-51-47/h5,7-8,10-13,15-20,22-25,27H,6,9,14,21,26,28H2,1-4H3,(H2-,45,46,47,48,49,50)/p+1. The highest BCUT2D eigenvalue weighted by atomic mass is 32.2. The van der Waals surface area contributed by atoms with E-state index in [0.29, 0.717) is 35.5 Å². The number of allylic oxidation sites excluding steroid dienone is 6. The Morgan fingerprint density at radius 1 is 0.907 bits per heavy atom. The molecule has 6 rings (SSSR count). The second-order valence-corrected chi connectivity index (χ2v) is 16.7. The number of hydrogen-bond acceptors (Lipinski definition) is 8. The Morgan fingerprint density at radius 3 is 2.43 bits per heavy atom. The van der Waals surface area contributed by atoms with Crippen LogP contribution >= 0.6 is 12.0 Å². The number of para-hydroxylation sites is 1. The maximum absolute atomic E-state index is 12.0. The minimum absolute atomic E-state index is 0.182. The van der Waals surface area contributed by atoms with Crippen LogP contribution in [0.1, 0.15) is 70.1 Å². The summed E-state index contributed by atoms with van der Waals surface area (Å²) in [7, 11) is -4.49. The molecule has 0 fully saturated rings. The number of aliphatic carboxylic acids is 1. The lowest BCUT2D eigenvalue weighted by Gasteiger charge is -2.27. The molecule has 0 saturated heterocycles. The third-order valence-corrected chi connectivity index (χ3v) is 11.9. The third kappa shape index (κ3) is 7.95. The summed E-state index contributed by atoms with van der Waals surface area (Å²) in [5.74, 6) is -0.762. The van der Waals surface area contributed by atoms with Gasteiger partial charge in [-0.15, -0.1) is 4.33 Å². The Morgan fingerprint density at radius 2 is 1.67 bits per heavy atom. The second-order valence-electron chi connectivity index (χ2n) is 14.5. The summed E-state index contributed by atoms with van der Waals surface area (Å²) in [6.45, 7) is 9.96. The molecule has 0 spiro atoms. The first-order valence-electron chi connectivity index (χ1n) is 17.8. The maximum atomic E-state index is 12.0. The van der Waals surface area contributed by atoms with Crippen LogP contribution in [0.5, 0.6) is 0 Å². The monoisotopic (exact) mass is 769 g/mol. The van der Waals surface area contributed by atoms with Crippen molar-refractivity contribution in [3.05, 3.63) is 132 Å². The number of carboxylic acid groups (broad SMARTS) is 1. The second kappa shape index (κ2) is 16.0. The molecule has 0 aromatic heterocycles. The number of carboxylic acids is 1. The van der Waals surface area contributed by atoms with Crippen LogP contribution in [0.25, 0.3) is 10.8 Å². The highest BCUT2D eigenvalue weighted by Gasteiger charge is 2.46. The molecule has 0 unspecified atom stereocenters. The van der Waals surface area contributed by atoms with E-state index in [1.807, 2.05) is 24.3 Å². The quantitative estimate of drug-likeness (QED) is 0.0204. The molecule has 2 aliphatic rings. The Labute approximate surface area is 320 Å². The Bertz CT molecular complexity index is 2310. The molecule has 0 bridgehead atoms. The molecule has 4 aromatic carbocycles. The molecule has 3 N–H and O–H groups in total. The van der Waals surface area contributed by atoms with Gasteiger partial charge in [-0.3, -0.25) is 9.35 Å². The molecule has 0 atom stereocenters.